The summed E-state index contributed by atoms with van der Waals surface area (Å²) in [6, 6.07) is 9.47. The van der Waals surface area contributed by atoms with Crippen LogP contribution < -0.4 is 0 Å². The molecular formula is C18H23N3O2. The first-order valence-electron chi connectivity index (χ1n) is 7.98. The molecule has 2 heterocycles. The lowest BCUT2D eigenvalue weighted by Gasteiger charge is -2.20. The molecule has 1 amide bonds. The van der Waals surface area contributed by atoms with Gasteiger partial charge in [0.1, 0.15) is 0 Å². The lowest BCUT2D eigenvalue weighted by Crippen LogP contribution is -2.30. The maximum atomic E-state index is 12.8. The van der Waals surface area contributed by atoms with Crippen molar-refractivity contribution in [2.75, 3.05) is 40.3 Å². The van der Waals surface area contributed by atoms with Gasteiger partial charge in [-0.1, -0.05) is 6.07 Å². The van der Waals surface area contributed by atoms with E-state index in [1.54, 1.807) is 6.20 Å². The van der Waals surface area contributed by atoms with Crippen LogP contribution in [0.2, 0.25) is 0 Å². The van der Waals surface area contributed by atoms with Crippen LogP contribution in [-0.2, 0) is 0 Å². The number of nitrogens with zero attached hydrogens (tertiary/aromatic N) is 3. The normalized spacial score (nSPS) is 21.3. The average Bonchev–Trinajstić information content (AvgIpc) is 2.95. The van der Waals surface area contributed by atoms with Crippen LogP contribution in [0.3, 0.4) is 0 Å². The van der Waals surface area contributed by atoms with Gasteiger partial charge in [0, 0.05) is 49.3 Å². The molecule has 5 heteroatoms. The predicted molar refractivity (Wildman–Crippen MR) is 90.3 cm³/mol. The first-order chi connectivity index (χ1) is 11.1. The number of hydrogen-bond acceptors (Lipinski definition) is 4. The van der Waals surface area contributed by atoms with E-state index in [-0.39, 0.29) is 18.4 Å². The molecule has 0 spiro atoms. The van der Waals surface area contributed by atoms with Crippen LogP contribution in [0.15, 0.2) is 36.5 Å². The minimum absolute atomic E-state index is 0.0375. The molecule has 0 aliphatic carbocycles. The third kappa shape index (κ3) is 3.35. The summed E-state index contributed by atoms with van der Waals surface area (Å²) in [4.78, 5) is 21.1. The number of aliphatic hydroxyl groups excluding tert-OH is 1. The molecule has 0 bridgehead atoms. The molecule has 3 rings (SSSR count). The predicted octanol–water partition coefficient (Wildman–Crippen LogP) is 1.48. The first-order valence-corrected chi connectivity index (χ1v) is 7.98. The van der Waals surface area contributed by atoms with E-state index in [1.807, 2.05) is 49.3 Å². The van der Waals surface area contributed by atoms with Crippen LogP contribution in [0.5, 0.6) is 0 Å². The third-order valence-electron chi connectivity index (χ3n) is 4.55. The zero-order valence-electron chi connectivity index (χ0n) is 13.6. The second-order valence-electron chi connectivity index (χ2n) is 6.59. The highest BCUT2D eigenvalue weighted by Gasteiger charge is 2.35. The summed E-state index contributed by atoms with van der Waals surface area (Å²) in [5, 5.41) is 10.6. The Kier molecular flexibility index (Phi) is 4.59. The summed E-state index contributed by atoms with van der Waals surface area (Å²) >= 11 is 0. The van der Waals surface area contributed by atoms with Crippen molar-refractivity contribution in [1.29, 1.82) is 0 Å². The van der Waals surface area contributed by atoms with Crippen molar-refractivity contribution in [2.24, 2.45) is 11.8 Å². The van der Waals surface area contributed by atoms with Gasteiger partial charge in [0.05, 0.1) is 5.52 Å². The SMILES string of the molecule is CN(C)CC1CN(C(=O)c2ccc3ncccc3c2)CC1CO. The number of likely N-dealkylation sites (tertiary alicyclic amines) is 1. The highest BCUT2D eigenvalue weighted by Crippen LogP contribution is 2.26. The number of fused-ring (bicyclic) bond motifs is 1. The Balaban J connectivity index is 1.79. The van der Waals surface area contributed by atoms with E-state index in [9.17, 15) is 9.90 Å². The van der Waals surface area contributed by atoms with E-state index in [0.717, 1.165) is 17.4 Å². The smallest absolute Gasteiger partial charge is 0.253 e. The van der Waals surface area contributed by atoms with E-state index in [2.05, 4.69) is 9.88 Å². The zero-order valence-corrected chi connectivity index (χ0v) is 13.6. The largest absolute Gasteiger partial charge is 0.396 e. The van der Waals surface area contributed by atoms with Crippen LogP contribution in [-0.4, -0.2) is 66.1 Å². The molecule has 1 aromatic carbocycles. The molecule has 1 fully saturated rings. The summed E-state index contributed by atoms with van der Waals surface area (Å²) in [7, 11) is 4.05. The number of aromatic nitrogens is 1. The Morgan fingerprint density at radius 2 is 2.09 bits per heavy atom. The van der Waals surface area contributed by atoms with E-state index in [1.165, 1.54) is 0 Å². The summed E-state index contributed by atoms with van der Waals surface area (Å²) in [5.74, 6) is 0.514. The number of benzene rings is 1. The molecule has 1 saturated heterocycles. The Bertz CT molecular complexity index is 701. The molecule has 1 N–H and O–H groups in total. The van der Waals surface area contributed by atoms with E-state index < -0.39 is 0 Å². The lowest BCUT2D eigenvalue weighted by atomic mass is 9.97. The number of carbonyl (C=O) groups excluding carboxylic acids is 1. The number of hydrogen-bond donors (Lipinski definition) is 1. The zero-order chi connectivity index (χ0) is 16.4. The molecule has 2 aromatic rings. The Morgan fingerprint density at radius 1 is 1.30 bits per heavy atom. The topological polar surface area (TPSA) is 56.7 Å². The number of amides is 1. The average molecular weight is 313 g/mol. The molecule has 2 atom stereocenters. The van der Waals surface area contributed by atoms with Gasteiger partial charge in [-0.05, 0) is 44.3 Å². The van der Waals surface area contributed by atoms with Crippen LogP contribution in [0.25, 0.3) is 10.9 Å². The lowest BCUT2D eigenvalue weighted by molar-refractivity contribution is 0.0779. The van der Waals surface area contributed by atoms with Gasteiger partial charge in [-0.15, -0.1) is 0 Å². The highest BCUT2D eigenvalue weighted by molar-refractivity contribution is 5.98. The van der Waals surface area contributed by atoms with Crippen LogP contribution in [0.1, 0.15) is 10.4 Å². The number of carbonyl (C=O) groups is 1. The van der Waals surface area contributed by atoms with E-state index >= 15 is 0 Å². The number of rotatable bonds is 4. The maximum Gasteiger partial charge on any atom is 0.253 e. The fourth-order valence-corrected chi connectivity index (χ4v) is 3.38. The van der Waals surface area contributed by atoms with Crippen molar-refractivity contribution in [2.45, 2.75) is 0 Å². The Labute approximate surface area is 136 Å². The van der Waals surface area contributed by atoms with Gasteiger partial charge in [-0.25, -0.2) is 0 Å². The summed E-state index contributed by atoms with van der Waals surface area (Å²) in [6.45, 7) is 2.34. The highest BCUT2D eigenvalue weighted by atomic mass is 16.3. The van der Waals surface area contributed by atoms with Gasteiger partial charge >= 0.3 is 0 Å². The minimum atomic E-state index is 0.0375. The first kappa shape index (κ1) is 15.9. The molecule has 1 aliphatic rings. The molecule has 1 aliphatic heterocycles. The monoisotopic (exact) mass is 313 g/mol. The quantitative estimate of drug-likeness (QED) is 0.929. The van der Waals surface area contributed by atoms with Gasteiger partial charge in [0.25, 0.3) is 5.91 Å². The fourth-order valence-electron chi connectivity index (χ4n) is 3.38. The number of pyridine rings is 1. The molecular weight excluding hydrogens is 290 g/mol. The van der Waals surface area contributed by atoms with Crippen molar-refractivity contribution in [3.05, 3.63) is 42.1 Å². The molecule has 23 heavy (non-hydrogen) atoms. The Hall–Kier alpha value is -1.98. The Morgan fingerprint density at radius 3 is 2.83 bits per heavy atom. The molecule has 2 unspecified atom stereocenters. The summed E-state index contributed by atoms with van der Waals surface area (Å²) in [6.07, 6.45) is 1.75. The number of aliphatic hydroxyl groups is 1. The molecule has 1 aromatic heterocycles. The molecule has 0 radical (unpaired) electrons. The fraction of sp³-hybridized carbons (Fsp3) is 0.444. The van der Waals surface area contributed by atoms with Gasteiger partial charge in [-0.2, -0.15) is 0 Å². The maximum absolute atomic E-state index is 12.8. The van der Waals surface area contributed by atoms with Gasteiger partial charge < -0.3 is 14.9 Å². The molecule has 0 saturated carbocycles. The summed E-state index contributed by atoms with van der Waals surface area (Å²) in [5.41, 5.74) is 1.58. The van der Waals surface area contributed by atoms with Crippen LogP contribution in [0.4, 0.5) is 0 Å². The summed E-state index contributed by atoms with van der Waals surface area (Å²) < 4.78 is 0. The second kappa shape index (κ2) is 6.64. The van der Waals surface area contributed by atoms with Crippen LogP contribution >= 0.6 is 0 Å². The van der Waals surface area contributed by atoms with Gasteiger partial charge in [0.15, 0.2) is 0 Å². The van der Waals surface area contributed by atoms with Crippen LogP contribution in [0, 0.1) is 11.8 Å². The second-order valence-corrected chi connectivity index (χ2v) is 6.59. The van der Waals surface area contributed by atoms with Crippen molar-refractivity contribution in [3.8, 4) is 0 Å². The minimum Gasteiger partial charge on any atom is -0.396 e. The standard InChI is InChI=1S/C18H23N3O2/c1-20(2)9-15-10-21(11-16(15)12-22)18(23)14-5-6-17-13(8-14)4-3-7-19-17/h3-8,15-16,22H,9-12H2,1-2H3. The third-order valence-corrected chi connectivity index (χ3v) is 4.55. The van der Waals surface area contributed by atoms with Gasteiger partial charge in [0.2, 0.25) is 0 Å². The van der Waals surface area contributed by atoms with Crippen molar-refractivity contribution in [1.82, 2.24) is 14.8 Å². The molecule has 122 valence electrons. The van der Waals surface area contributed by atoms with Crippen molar-refractivity contribution in [3.63, 3.8) is 0 Å². The van der Waals surface area contributed by atoms with E-state index in [0.29, 0.717) is 24.6 Å². The van der Waals surface area contributed by atoms with Gasteiger partial charge in [-0.3, -0.25) is 9.78 Å². The van der Waals surface area contributed by atoms with Crippen molar-refractivity contribution < 1.29 is 9.90 Å². The van der Waals surface area contributed by atoms with Crippen molar-refractivity contribution >= 4 is 16.8 Å². The molecule has 5 nitrogen and oxygen atoms in total. The van der Waals surface area contributed by atoms with E-state index in [4.69, 9.17) is 0 Å².